The lowest BCUT2D eigenvalue weighted by atomic mass is 10.1. The molecule has 1 aromatic heterocycles. The number of nitrogens with zero attached hydrogens (tertiary/aromatic N) is 2. The lowest BCUT2D eigenvalue weighted by molar-refractivity contribution is 0.600. The van der Waals surface area contributed by atoms with Gasteiger partial charge in [0.05, 0.1) is 4.90 Å². The van der Waals surface area contributed by atoms with Crippen LogP contribution in [0.2, 0.25) is 0 Å². The first-order valence-corrected chi connectivity index (χ1v) is 8.41. The van der Waals surface area contributed by atoms with Crippen LogP contribution in [-0.2, 0) is 23.0 Å². The minimum absolute atomic E-state index is 0.216. The monoisotopic (exact) mass is 312 g/mol. The number of nitrogens with one attached hydrogen (secondary N) is 1. The second kappa shape index (κ2) is 5.86. The zero-order chi connectivity index (χ0) is 14.8. The molecule has 6 nitrogen and oxygen atoms in total. The molecule has 0 unspecified atom stereocenters. The number of hydrogen-bond donors (Lipinski definition) is 2. The molecule has 1 aromatic carbocycles. The fourth-order valence-corrected chi connectivity index (χ4v) is 3.98. The zero-order valence-corrected chi connectivity index (χ0v) is 12.9. The molecule has 2 aromatic rings. The Hall–Kier alpha value is -1.51. The molecule has 20 heavy (non-hydrogen) atoms. The van der Waals surface area contributed by atoms with Gasteiger partial charge in [-0.1, -0.05) is 30.4 Å². The third-order valence-electron chi connectivity index (χ3n) is 2.90. The molecular weight excluding hydrogens is 296 g/mol. The molecule has 0 aliphatic rings. The summed E-state index contributed by atoms with van der Waals surface area (Å²) in [6.07, 6.45) is 0.723. The van der Waals surface area contributed by atoms with Gasteiger partial charge in [0, 0.05) is 6.54 Å². The van der Waals surface area contributed by atoms with Crippen molar-refractivity contribution in [2.75, 3.05) is 4.72 Å². The van der Waals surface area contributed by atoms with E-state index >= 15 is 0 Å². The van der Waals surface area contributed by atoms with Crippen molar-refractivity contribution >= 4 is 26.5 Å². The topological polar surface area (TPSA) is 98.0 Å². The Morgan fingerprint density at radius 3 is 2.70 bits per heavy atom. The summed E-state index contributed by atoms with van der Waals surface area (Å²) in [5.41, 5.74) is 7.06. The highest BCUT2D eigenvalue weighted by Crippen LogP contribution is 2.23. The maximum Gasteiger partial charge on any atom is 0.263 e. The Balaban J connectivity index is 2.35. The zero-order valence-electron chi connectivity index (χ0n) is 11.3. The highest BCUT2D eigenvalue weighted by molar-refractivity contribution is 7.93. The number of aromatic nitrogens is 2. The molecule has 0 saturated heterocycles. The molecule has 0 spiro atoms. The molecule has 0 atom stereocenters. The predicted octanol–water partition coefficient (Wildman–Crippen LogP) is 1.67. The number of hydrogen-bond acceptors (Lipinski definition) is 6. The number of nitrogens with two attached hydrogens (primary N) is 1. The maximum atomic E-state index is 12.4. The summed E-state index contributed by atoms with van der Waals surface area (Å²) in [4.78, 5) is 0.216. The first-order chi connectivity index (χ1) is 9.47. The number of anilines is 1. The SMILES string of the molecule is CCc1nnc(NS(=O)(=O)c2cccc(CN)c2C)s1. The molecule has 0 bridgehead atoms. The normalized spacial score (nSPS) is 11.6. The van der Waals surface area contributed by atoms with Gasteiger partial charge in [-0.05, 0) is 30.5 Å². The third-order valence-corrected chi connectivity index (χ3v) is 5.49. The van der Waals surface area contributed by atoms with Crippen LogP contribution < -0.4 is 10.5 Å². The average molecular weight is 312 g/mol. The first kappa shape index (κ1) is 14.9. The van der Waals surface area contributed by atoms with Gasteiger partial charge >= 0.3 is 0 Å². The quantitative estimate of drug-likeness (QED) is 0.875. The predicted molar refractivity (Wildman–Crippen MR) is 79.2 cm³/mol. The van der Waals surface area contributed by atoms with Crippen molar-refractivity contribution in [1.29, 1.82) is 0 Å². The van der Waals surface area contributed by atoms with Gasteiger partial charge in [0.25, 0.3) is 10.0 Å². The number of rotatable bonds is 5. The van der Waals surface area contributed by atoms with E-state index in [9.17, 15) is 8.42 Å². The Labute approximate surface area is 122 Å². The van der Waals surface area contributed by atoms with Crippen molar-refractivity contribution in [1.82, 2.24) is 10.2 Å². The fraction of sp³-hybridized carbons (Fsp3) is 0.333. The van der Waals surface area contributed by atoms with Crippen molar-refractivity contribution in [3.05, 3.63) is 34.3 Å². The molecule has 0 aliphatic carbocycles. The smallest absolute Gasteiger partial charge is 0.263 e. The molecule has 108 valence electrons. The first-order valence-electron chi connectivity index (χ1n) is 6.11. The molecule has 0 fully saturated rings. The third kappa shape index (κ3) is 2.97. The standard InChI is InChI=1S/C12H16N4O2S2/c1-3-11-14-15-12(19-11)16-20(17,18)10-6-4-5-9(7-13)8(10)2/h4-6H,3,7,13H2,1-2H3,(H,15,16). The number of aryl methyl sites for hydroxylation is 1. The molecule has 0 amide bonds. The number of benzene rings is 1. The van der Waals surface area contributed by atoms with Crippen LogP contribution >= 0.6 is 11.3 Å². The van der Waals surface area contributed by atoms with Crippen LogP contribution in [0.5, 0.6) is 0 Å². The van der Waals surface area contributed by atoms with Crippen LogP contribution in [0.4, 0.5) is 5.13 Å². The van der Waals surface area contributed by atoms with Crippen LogP contribution in [0, 0.1) is 6.92 Å². The summed E-state index contributed by atoms with van der Waals surface area (Å²) in [5, 5.41) is 8.78. The van der Waals surface area contributed by atoms with Crippen molar-refractivity contribution in [3.8, 4) is 0 Å². The molecule has 8 heteroatoms. The Bertz CT molecular complexity index is 710. The van der Waals surface area contributed by atoms with Gasteiger partial charge in [-0.3, -0.25) is 4.72 Å². The summed E-state index contributed by atoms with van der Waals surface area (Å²) < 4.78 is 27.2. The van der Waals surface area contributed by atoms with Crippen molar-refractivity contribution < 1.29 is 8.42 Å². The van der Waals surface area contributed by atoms with Gasteiger partial charge < -0.3 is 5.73 Å². The van der Waals surface area contributed by atoms with Crippen molar-refractivity contribution in [3.63, 3.8) is 0 Å². The summed E-state index contributed by atoms with van der Waals surface area (Å²) in [6, 6.07) is 5.05. The van der Waals surface area contributed by atoms with Gasteiger partial charge in [-0.15, -0.1) is 10.2 Å². The molecule has 3 N–H and O–H groups in total. The van der Waals surface area contributed by atoms with Crippen LogP contribution in [0.3, 0.4) is 0 Å². The highest BCUT2D eigenvalue weighted by Gasteiger charge is 2.20. The van der Waals surface area contributed by atoms with E-state index in [-0.39, 0.29) is 10.0 Å². The molecule has 0 aliphatic heterocycles. The largest absolute Gasteiger partial charge is 0.326 e. The van der Waals surface area contributed by atoms with E-state index in [1.54, 1.807) is 19.1 Å². The molecular formula is C12H16N4O2S2. The Morgan fingerprint density at radius 2 is 2.10 bits per heavy atom. The molecule has 0 radical (unpaired) electrons. The Kier molecular flexibility index (Phi) is 4.36. The van der Waals surface area contributed by atoms with Gasteiger partial charge in [0.1, 0.15) is 5.01 Å². The molecule has 0 saturated carbocycles. The van der Waals surface area contributed by atoms with E-state index in [1.807, 2.05) is 13.0 Å². The summed E-state index contributed by atoms with van der Waals surface area (Å²) >= 11 is 1.23. The highest BCUT2D eigenvalue weighted by atomic mass is 32.2. The van der Waals surface area contributed by atoms with Crippen LogP contribution in [-0.4, -0.2) is 18.6 Å². The summed E-state index contributed by atoms with van der Waals surface area (Å²) in [5.74, 6) is 0. The van der Waals surface area contributed by atoms with Gasteiger partial charge in [-0.25, -0.2) is 8.42 Å². The van der Waals surface area contributed by atoms with Gasteiger partial charge in [0.15, 0.2) is 0 Å². The van der Waals surface area contributed by atoms with E-state index in [2.05, 4.69) is 14.9 Å². The van der Waals surface area contributed by atoms with Gasteiger partial charge in [0.2, 0.25) is 5.13 Å². The second-order valence-electron chi connectivity index (χ2n) is 4.20. The second-order valence-corrected chi connectivity index (χ2v) is 6.92. The summed E-state index contributed by atoms with van der Waals surface area (Å²) in [7, 11) is -3.67. The van der Waals surface area contributed by atoms with Crippen LogP contribution in [0.25, 0.3) is 0 Å². The average Bonchev–Trinajstić information content (AvgIpc) is 2.85. The maximum absolute atomic E-state index is 12.4. The molecule has 2 rings (SSSR count). The van der Waals surface area contributed by atoms with Gasteiger partial charge in [-0.2, -0.15) is 0 Å². The lowest BCUT2D eigenvalue weighted by Crippen LogP contribution is -2.15. The van der Waals surface area contributed by atoms with Crippen LogP contribution in [0.1, 0.15) is 23.1 Å². The minimum Gasteiger partial charge on any atom is -0.326 e. The molecule has 1 heterocycles. The van der Waals surface area contributed by atoms with E-state index < -0.39 is 10.0 Å². The minimum atomic E-state index is -3.67. The van der Waals surface area contributed by atoms with Crippen molar-refractivity contribution in [2.45, 2.75) is 31.7 Å². The Morgan fingerprint density at radius 1 is 1.35 bits per heavy atom. The van der Waals surface area contributed by atoms with Crippen molar-refractivity contribution in [2.24, 2.45) is 5.73 Å². The van der Waals surface area contributed by atoms with E-state index in [0.717, 1.165) is 17.0 Å². The van der Waals surface area contributed by atoms with E-state index in [0.29, 0.717) is 12.1 Å². The van der Waals surface area contributed by atoms with Crippen LogP contribution in [0.15, 0.2) is 23.1 Å². The fourth-order valence-electron chi connectivity index (χ4n) is 1.78. The van der Waals surface area contributed by atoms with E-state index in [4.69, 9.17) is 5.73 Å². The number of sulfonamides is 1. The lowest BCUT2D eigenvalue weighted by Gasteiger charge is -2.10. The summed E-state index contributed by atoms with van der Waals surface area (Å²) in [6.45, 7) is 3.98. The van der Waals surface area contributed by atoms with E-state index in [1.165, 1.54) is 11.3 Å².